The molecule has 43 atom stereocenters. The van der Waals surface area contributed by atoms with Crippen LogP contribution in [0, 0.1) is 6.92 Å². The number of nitrogens with zero attached hydrogens (tertiary/aromatic N) is 4. The summed E-state index contributed by atoms with van der Waals surface area (Å²) in [4.78, 5) is 14.2. The standard InChI is InChI=1S/C60H100N4O44/c1-15(68)4-64-16(2)18(61-62-64)5-63(17(3)69)52-40(85)37(82)47(24(8-67)98-52)104-57-45(90)38(83)49(27(102-57)14-97-60-51(30(75)21(72)11-94-60)108-55-43(88)35(80)32(77)23(7-66)100-55)106-58-46(91)39(84)48(105-56-44(89)36(81)33(78)25(101-56)12-95-53-41(86)28(73)19(70)9-92-53)26(103-58)13-96-59-50(29(74)20(71)10-93-59)107-54-42(87)34(79)31(76)22(6-65)99-54/h15,19-60,65-68,70-91H,4-14H2,1-3H3/t15?,19-,20+,21-,22?,23?,24+,25?,26+,27?,28+,29?,30+,31+,32+,33-,34+,35+,36+,37?,38-,39?,40?,41?,42?,43+,44?,45?,46?,47-,48-,49-,50?,51?,52-,53-,54+,55?,56+,57+,58+,59+,60-/m1/s1. The fourth-order valence-electron chi connectivity index (χ4n) is 13.5. The topological polar surface area (TPSA) is 734 Å². The second-order valence-electron chi connectivity index (χ2n) is 27.8. The summed E-state index contributed by atoms with van der Waals surface area (Å²) in [5, 5.41) is 294. The molecule has 10 rings (SSSR count). The molecule has 624 valence electrons. The summed E-state index contributed by atoms with van der Waals surface area (Å²) in [5.41, 5.74) is 0.534. The molecule has 108 heavy (non-hydrogen) atoms. The van der Waals surface area contributed by atoms with E-state index in [9.17, 15) is 138 Å². The minimum Gasteiger partial charge on any atom is -0.394 e. The third kappa shape index (κ3) is 18.9. The normalized spacial score (nSPS) is 48.8. The highest BCUT2D eigenvalue weighted by Gasteiger charge is 2.59. The first-order valence-electron chi connectivity index (χ1n) is 34.6. The number of hydrogen-bond acceptors (Lipinski definition) is 46. The van der Waals surface area contributed by atoms with Gasteiger partial charge in [-0.3, -0.25) is 4.79 Å². The average Bonchev–Trinajstić information content (AvgIpc) is 1.25. The molecular formula is C60H100N4O44. The number of rotatable bonds is 27. The van der Waals surface area contributed by atoms with Crippen LogP contribution in [-0.4, -0.2) is 482 Å². The minimum absolute atomic E-state index is 0.00194. The van der Waals surface area contributed by atoms with Crippen LogP contribution in [0.4, 0.5) is 0 Å². The molecular weight excluding hydrogens is 1480 g/mol. The summed E-state index contributed by atoms with van der Waals surface area (Å²) in [5.74, 6) is -0.763. The van der Waals surface area contributed by atoms with Crippen molar-refractivity contribution in [3.63, 3.8) is 0 Å². The van der Waals surface area contributed by atoms with E-state index >= 15 is 0 Å². The van der Waals surface area contributed by atoms with Crippen LogP contribution in [0.5, 0.6) is 0 Å². The molecule has 17 unspecified atom stereocenters. The Morgan fingerprint density at radius 1 is 0.407 bits per heavy atom. The molecule has 9 aliphatic heterocycles. The second kappa shape index (κ2) is 37.7. The molecule has 1 amide bonds. The van der Waals surface area contributed by atoms with Crippen LogP contribution in [0.2, 0.25) is 0 Å². The van der Waals surface area contributed by atoms with Crippen molar-refractivity contribution in [2.24, 2.45) is 0 Å². The van der Waals surface area contributed by atoms with Crippen LogP contribution in [0.15, 0.2) is 0 Å². The number of hydrogen-bond donors (Lipinski definition) is 26. The van der Waals surface area contributed by atoms with Gasteiger partial charge in [0.1, 0.15) is 207 Å². The largest absolute Gasteiger partial charge is 0.394 e. The molecule has 1 aromatic rings. The number of aromatic nitrogens is 3. The van der Waals surface area contributed by atoms with Gasteiger partial charge in [0.15, 0.2) is 56.5 Å². The fraction of sp³-hybridized carbons (Fsp3) is 0.950. The number of ether oxygens (including phenoxy) is 17. The Kier molecular flexibility index (Phi) is 30.4. The highest BCUT2D eigenvalue weighted by molar-refractivity contribution is 5.73. The van der Waals surface area contributed by atoms with Crippen LogP contribution < -0.4 is 0 Å². The lowest BCUT2D eigenvalue weighted by Crippen LogP contribution is -2.68. The van der Waals surface area contributed by atoms with Crippen molar-refractivity contribution in [1.82, 2.24) is 19.9 Å². The smallest absolute Gasteiger partial charge is 0.221 e. The predicted octanol–water partition coefficient (Wildman–Crippen LogP) is -18.4. The van der Waals surface area contributed by atoms with Gasteiger partial charge in [-0.15, -0.1) is 5.10 Å². The van der Waals surface area contributed by atoms with Gasteiger partial charge in [0.2, 0.25) is 5.91 Å². The van der Waals surface area contributed by atoms with E-state index in [1.807, 2.05) is 0 Å². The minimum atomic E-state index is -2.52. The summed E-state index contributed by atoms with van der Waals surface area (Å²) in [6, 6.07) is 0. The number of amides is 1. The van der Waals surface area contributed by atoms with Crippen LogP contribution in [0.1, 0.15) is 25.2 Å². The zero-order valence-electron chi connectivity index (χ0n) is 57.9. The first-order valence-corrected chi connectivity index (χ1v) is 34.6. The average molecular weight is 1580 g/mol. The number of aliphatic hydroxyl groups is 26. The zero-order valence-corrected chi connectivity index (χ0v) is 57.9. The summed E-state index contributed by atoms with van der Waals surface area (Å²) in [7, 11) is 0. The summed E-state index contributed by atoms with van der Waals surface area (Å²) in [6.45, 7) is -4.35. The number of carbonyl (C=O) groups excluding carboxylic acids is 1. The third-order valence-corrected chi connectivity index (χ3v) is 20.1. The predicted molar refractivity (Wildman–Crippen MR) is 329 cm³/mol. The van der Waals surface area contributed by atoms with Crippen molar-refractivity contribution in [3.8, 4) is 0 Å². The Morgan fingerprint density at radius 3 is 1.16 bits per heavy atom. The third-order valence-electron chi connectivity index (χ3n) is 20.1. The van der Waals surface area contributed by atoms with E-state index in [1.54, 1.807) is 6.92 Å². The summed E-state index contributed by atoms with van der Waals surface area (Å²) < 4.78 is 100. The van der Waals surface area contributed by atoms with Gasteiger partial charge in [0.25, 0.3) is 0 Å². The van der Waals surface area contributed by atoms with Crippen molar-refractivity contribution in [2.45, 2.75) is 298 Å². The Balaban J connectivity index is 0.946. The monoisotopic (exact) mass is 1580 g/mol. The van der Waals surface area contributed by atoms with E-state index in [4.69, 9.17) is 80.5 Å². The number of aliphatic hydroxyl groups excluding tert-OH is 26. The summed E-state index contributed by atoms with van der Waals surface area (Å²) in [6.07, 6.45) is -86.6. The molecule has 0 saturated carbocycles. The van der Waals surface area contributed by atoms with Crippen LogP contribution in [-0.2, 0) is 98.4 Å². The Labute approximate surface area is 611 Å². The Bertz CT molecular complexity index is 2940. The van der Waals surface area contributed by atoms with E-state index in [0.717, 1.165) is 11.8 Å². The van der Waals surface area contributed by atoms with Crippen molar-refractivity contribution < 1.29 is 218 Å². The molecule has 0 radical (unpaired) electrons. The molecule has 0 aliphatic carbocycles. The van der Waals surface area contributed by atoms with Gasteiger partial charge in [-0.1, -0.05) is 5.21 Å². The highest BCUT2D eigenvalue weighted by atomic mass is 16.8. The van der Waals surface area contributed by atoms with Crippen LogP contribution in [0.3, 0.4) is 0 Å². The van der Waals surface area contributed by atoms with E-state index in [0.29, 0.717) is 5.69 Å². The quantitative estimate of drug-likeness (QED) is 0.0389. The molecule has 1 aromatic heterocycles. The van der Waals surface area contributed by atoms with Gasteiger partial charge >= 0.3 is 0 Å². The first-order chi connectivity index (χ1) is 51.1. The van der Waals surface area contributed by atoms with Gasteiger partial charge in [-0.2, -0.15) is 0 Å². The Hall–Kier alpha value is -3.11. The maximum absolute atomic E-state index is 13.3. The molecule has 10 heterocycles. The zero-order chi connectivity index (χ0) is 78.9. The maximum Gasteiger partial charge on any atom is 0.221 e. The van der Waals surface area contributed by atoms with Gasteiger partial charge in [-0.25, -0.2) is 4.68 Å². The Morgan fingerprint density at radius 2 is 0.741 bits per heavy atom. The summed E-state index contributed by atoms with van der Waals surface area (Å²) >= 11 is 0. The van der Waals surface area contributed by atoms with Gasteiger partial charge < -0.3 is 218 Å². The van der Waals surface area contributed by atoms with Crippen molar-refractivity contribution in [1.29, 1.82) is 0 Å². The molecule has 0 aromatic carbocycles. The molecule has 48 heteroatoms. The van der Waals surface area contributed by atoms with Gasteiger partial charge in [0.05, 0.1) is 84.3 Å². The molecule has 0 spiro atoms. The molecule has 9 aliphatic rings. The lowest BCUT2D eigenvalue weighted by atomic mass is 9.95. The van der Waals surface area contributed by atoms with Gasteiger partial charge in [0, 0.05) is 6.92 Å². The molecule has 26 N–H and O–H groups in total. The lowest BCUT2D eigenvalue weighted by Gasteiger charge is -2.50. The SMILES string of the molecule is CC(=O)N(Cc1nnn(CC(C)O)c1C)[C@@H]1O[C@@H](CO)[C@@H](O[C@@H]2OC(CO[C@H]3OC[C@@H](O)[C@H](O)C3OC3OC(CO)[C@H](O)[C@H](O)[C@@H]3O)[C@@H](O[C@@H]3O[C@@H](CO[C@@H]4OC[C@H](O)C(O)C4O[C@@H]4OC(CO)[C@H](O)[C@H](O)C4O)[C@@H](O[C@@H]4OC(CO[C@H]5OC[C@@H](O)[C@H](O)C5O)[C@@H](O)[C@H](O)C4O)C(O)C3O)[C@H](O)C2O)C(O)C1O. The lowest BCUT2D eigenvalue weighted by molar-refractivity contribution is -0.396. The number of carbonyl (C=O) groups is 1. The molecule has 48 nitrogen and oxygen atoms in total. The van der Waals surface area contributed by atoms with Crippen molar-refractivity contribution in [3.05, 3.63) is 11.4 Å². The first kappa shape index (κ1) is 87.3. The van der Waals surface area contributed by atoms with E-state index < -0.39 is 336 Å². The molecule has 0 bridgehead atoms. The van der Waals surface area contributed by atoms with Gasteiger partial charge in [-0.05, 0) is 13.8 Å². The van der Waals surface area contributed by atoms with Crippen LogP contribution >= 0.6 is 0 Å². The van der Waals surface area contributed by atoms with E-state index in [2.05, 4.69) is 10.3 Å². The van der Waals surface area contributed by atoms with Crippen LogP contribution in [0.25, 0.3) is 0 Å². The molecule has 9 saturated heterocycles. The molecule has 9 fully saturated rings. The van der Waals surface area contributed by atoms with E-state index in [-0.39, 0.29) is 12.2 Å². The van der Waals surface area contributed by atoms with E-state index in [1.165, 1.54) is 11.6 Å². The fourth-order valence-corrected chi connectivity index (χ4v) is 13.5. The van der Waals surface area contributed by atoms with Crippen molar-refractivity contribution in [2.75, 3.05) is 59.5 Å². The second-order valence-corrected chi connectivity index (χ2v) is 27.8. The highest BCUT2D eigenvalue weighted by Crippen LogP contribution is 2.39. The maximum atomic E-state index is 13.3. The van der Waals surface area contributed by atoms with Crippen molar-refractivity contribution >= 4 is 5.91 Å².